The molecule has 24 nitrogen and oxygen atoms in total. The lowest BCUT2D eigenvalue weighted by atomic mass is 10.0. The van der Waals surface area contributed by atoms with Crippen LogP contribution in [-0.2, 0) is 52.8 Å². The number of anilines is 1. The number of para-hydroxylation sites is 1. The number of hydrogen-bond donors (Lipinski definition) is 15. The molecular weight excluding hydrogens is 1080 g/mol. The number of carbonyl (C=O) groups excluding carboxylic acids is 8. The molecule has 0 spiro atoms. The van der Waals surface area contributed by atoms with Crippen molar-refractivity contribution in [1.29, 1.82) is 0 Å². The van der Waals surface area contributed by atoms with Crippen LogP contribution >= 0.6 is 21.6 Å². The van der Waals surface area contributed by atoms with Crippen molar-refractivity contribution in [3.05, 3.63) is 132 Å². The second-order valence-corrected chi connectivity index (χ2v) is 22.0. The van der Waals surface area contributed by atoms with Crippen molar-refractivity contribution >= 4 is 85.6 Å². The van der Waals surface area contributed by atoms with Crippen LogP contribution in [0.1, 0.15) is 60.2 Å². The molecule has 3 unspecified atom stereocenters. The van der Waals surface area contributed by atoms with Gasteiger partial charge in [-0.2, -0.15) is 0 Å². The quantitative estimate of drug-likeness (QED) is 0.0199. The summed E-state index contributed by atoms with van der Waals surface area (Å²) in [7, 11) is 1.95. The first-order valence-corrected chi connectivity index (χ1v) is 28.9. The molecular formula is C55H71N13O11S2. The highest BCUT2D eigenvalue weighted by Gasteiger charge is 2.37. The van der Waals surface area contributed by atoms with Gasteiger partial charge in [0, 0.05) is 54.1 Å². The summed E-state index contributed by atoms with van der Waals surface area (Å²) in [6.07, 6.45) is 0.643. The minimum Gasteiger partial charge on any atom is -0.394 e. The zero-order chi connectivity index (χ0) is 58.4. The van der Waals surface area contributed by atoms with Crippen LogP contribution in [-0.4, -0.2) is 158 Å². The van der Waals surface area contributed by atoms with Gasteiger partial charge in [0.25, 0.3) is 5.91 Å². The Morgan fingerprint density at radius 3 is 1.99 bits per heavy atom. The number of amides is 8. The number of aliphatic hydroxyl groups excluding tert-OH is 3. The summed E-state index contributed by atoms with van der Waals surface area (Å²) in [4.78, 5) is 123. The number of H-pyrrole nitrogens is 1. The highest BCUT2D eigenvalue weighted by molar-refractivity contribution is 8.76. The number of hydrogen-bond acceptors (Lipinski definition) is 17. The van der Waals surface area contributed by atoms with E-state index in [9.17, 15) is 53.7 Å². The number of aliphatic hydroxyl groups is 3. The van der Waals surface area contributed by atoms with E-state index in [1.165, 1.54) is 32.2 Å². The zero-order valence-electron chi connectivity index (χ0n) is 44.8. The first-order chi connectivity index (χ1) is 39.0. The molecule has 17 N–H and O–H groups in total. The molecule has 1 fully saturated rings. The lowest BCUT2D eigenvalue weighted by molar-refractivity contribution is -0.136. The van der Waals surface area contributed by atoms with Gasteiger partial charge >= 0.3 is 0 Å². The Bertz CT molecular complexity index is 2900. The standard InChI is InChI=1S/C55H71N13O11S2/c1-31(70)43(28-69)64-54(78)45-30-81-80-29-44(65-51(75)40(23-33-13-5-3-6-14-33)61-48(72)35-20-21-46(68-57)59-26-35)53(77)62-41(24-34-15-7-4-8-16-34)50(74)63-42(25-36-27-58-38-18-10-9-17-37(36)38)52(76)60-39(19-11-12-22-56)49(73)67-47(32(2)71)55(79)66-45/h3-10,13-18,20-21,26-27,31-32,39-45,47,58,69-71H,11-12,19,22-25,28-30,56-57H2,1-2H3,(H,59,68)(H,60,76)(H,61,72)(H,62,77)(H,63,74)(H,64,78)(H,65,75)(H,66,79)(H,67,73)/t31-,32-,39+,40-,41?,42-,43-,44+,45?,47?/m1/s1. The smallest absolute Gasteiger partial charge is 0.253 e. The first kappa shape index (κ1) is 62.6. The fourth-order valence-electron chi connectivity index (χ4n) is 8.67. The molecule has 8 amide bonds. The van der Waals surface area contributed by atoms with Crippen LogP contribution < -0.4 is 59.5 Å². The van der Waals surface area contributed by atoms with Crippen LogP contribution in [0.2, 0.25) is 0 Å². The molecule has 6 rings (SSSR count). The summed E-state index contributed by atoms with van der Waals surface area (Å²) in [5.74, 6) is -1.51. The molecule has 0 saturated carbocycles. The van der Waals surface area contributed by atoms with E-state index < -0.39 is 114 Å². The number of hydrazine groups is 1. The number of fused-ring (bicyclic) bond motifs is 1. The van der Waals surface area contributed by atoms with Crippen molar-refractivity contribution in [2.45, 2.75) is 113 Å². The molecule has 10 atom stereocenters. The van der Waals surface area contributed by atoms with Crippen molar-refractivity contribution in [2.75, 3.05) is 30.1 Å². The Morgan fingerprint density at radius 1 is 0.716 bits per heavy atom. The van der Waals surface area contributed by atoms with Crippen molar-refractivity contribution in [1.82, 2.24) is 52.5 Å². The molecule has 81 heavy (non-hydrogen) atoms. The third-order valence-corrected chi connectivity index (χ3v) is 15.7. The molecule has 2 aromatic heterocycles. The predicted molar refractivity (Wildman–Crippen MR) is 307 cm³/mol. The molecule has 1 aliphatic rings. The number of aromatic amines is 1. The van der Waals surface area contributed by atoms with Crippen LogP contribution in [0.3, 0.4) is 0 Å². The summed E-state index contributed by atoms with van der Waals surface area (Å²) < 4.78 is 0. The lowest BCUT2D eigenvalue weighted by Gasteiger charge is -2.29. The van der Waals surface area contributed by atoms with Crippen LogP contribution in [0.5, 0.6) is 0 Å². The Morgan fingerprint density at radius 2 is 1.35 bits per heavy atom. The van der Waals surface area contributed by atoms with Crippen LogP contribution in [0.25, 0.3) is 10.9 Å². The summed E-state index contributed by atoms with van der Waals surface area (Å²) in [6.45, 7) is 2.14. The predicted octanol–water partition coefficient (Wildman–Crippen LogP) is -0.653. The largest absolute Gasteiger partial charge is 0.394 e. The molecule has 1 saturated heterocycles. The minimum absolute atomic E-state index is 0.00392. The van der Waals surface area contributed by atoms with Gasteiger partial charge in [-0.1, -0.05) is 100 Å². The molecule has 3 heterocycles. The van der Waals surface area contributed by atoms with Gasteiger partial charge in [-0.3, -0.25) is 38.4 Å². The minimum atomic E-state index is -1.71. The van der Waals surface area contributed by atoms with E-state index in [-0.39, 0.29) is 55.1 Å². The van der Waals surface area contributed by atoms with Gasteiger partial charge < -0.3 is 74.0 Å². The molecule has 26 heteroatoms. The first-order valence-electron chi connectivity index (χ1n) is 26.4. The average Bonchev–Trinajstić information content (AvgIpc) is 3.90. The van der Waals surface area contributed by atoms with E-state index in [0.717, 1.165) is 32.5 Å². The van der Waals surface area contributed by atoms with E-state index in [1.54, 1.807) is 72.9 Å². The van der Waals surface area contributed by atoms with E-state index >= 15 is 0 Å². The van der Waals surface area contributed by atoms with Crippen LogP contribution in [0, 0.1) is 0 Å². The molecule has 1 aliphatic heterocycles. The van der Waals surface area contributed by atoms with Gasteiger partial charge in [0.15, 0.2) is 0 Å². The molecule has 0 aliphatic carbocycles. The fourth-order valence-corrected chi connectivity index (χ4v) is 11.0. The fraction of sp³-hybridized carbons (Fsp3) is 0.400. The number of benzene rings is 3. The maximum absolute atomic E-state index is 15.0. The van der Waals surface area contributed by atoms with Gasteiger partial charge in [0.2, 0.25) is 41.4 Å². The van der Waals surface area contributed by atoms with Crippen molar-refractivity contribution in [2.24, 2.45) is 11.6 Å². The summed E-state index contributed by atoms with van der Waals surface area (Å²) >= 11 is 0. The Kier molecular flexibility index (Phi) is 24.3. The van der Waals surface area contributed by atoms with Crippen molar-refractivity contribution in [3.8, 4) is 0 Å². The third-order valence-electron chi connectivity index (χ3n) is 13.3. The number of nitrogens with two attached hydrogens (primary N) is 2. The van der Waals surface area contributed by atoms with Gasteiger partial charge in [-0.05, 0) is 74.5 Å². The van der Waals surface area contributed by atoms with E-state index in [0.29, 0.717) is 29.5 Å². The number of nitrogens with one attached hydrogen (secondary N) is 10. The van der Waals surface area contributed by atoms with Crippen molar-refractivity contribution < 1.29 is 53.7 Å². The van der Waals surface area contributed by atoms with Gasteiger partial charge in [0.1, 0.15) is 48.1 Å². The van der Waals surface area contributed by atoms with Crippen molar-refractivity contribution in [3.63, 3.8) is 0 Å². The van der Waals surface area contributed by atoms with Crippen LogP contribution in [0.15, 0.2) is 109 Å². The average molecular weight is 1150 g/mol. The Balaban J connectivity index is 1.42. The zero-order valence-corrected chi connectivity index (χ0v) is 46.4. The molecule has 5 aromatic rings. The number of nitrogens with zero attached hydrogens (tertiary/aromatic N) is 1. The Labute approximate surface area is 476 Å². The van der Waals surface area contributed by atoms with Crippen LogP contribution in [0.4, 0.5) is 5.82 Å². The second kappa shape index (κ2) is 31.4. The number of carbonyl (C=O) groups is 8. The summed E-state index contributed by atoms with van der Waals surface area (Å²) in [5, 5.41) is 53.6. The number of rotatable bonds is 20. The normalized spacial score (nSPS) is 21.3. The maximum atomic E-state index is 15.0. The molecule has 0 bridgehead atoms. The number of unbranched alkanes of at least 4 members (excludes halogenated alkanes) is 1. The SMILES string of the molecule is C[C@@H](O)C1NC(=O)[C@H](CCCCN)NC(=O)[C@@H](Cc2c[nH]c3ccccc23)NC(=O)C(Cc2ccccc2)NC(=O)[C@@H](NC(=O)[C@@H](Cc2ccccc2)NC(=O)c2ccc(NN)nc2)CSSCC(C(=O)N[C@H](CO)[C@@H](C)O)NC1=O. The second-order valence-electron chi connectivity index (χ2n) is 19.5. The molecule has 3 aromatic carbocycles. The monoisotopic (exact) mass is 1150 g/mol. The topological polar surface area (TPSA) is 386 Å². The highest BCUT2D eigenvalue weighted by atomic mass is 33.1. The van der Waals surface area contributed by atoms with Gasteiger partial charge in [-0.25, -0.2) is 10.8 Å². The van der Waals surface area contributed by atoms with Gasteiger partial charge in [-0.15, -0.1) is 0 Å². The summed E-state index contributed by atoms with van der Waals surface area (Å²) in [6, 6.07) is 16.4. The molecule has 434 valence electrons. The molecule has 0 radical (unpaired) electrons. The Hall–Kier alpha value is -7.59. The number of aromatic nitrogens is 2. The van der Waals surface area contributed by atoms with E-state index in [1.807, 2.05) is 18.2 Å². The van der Waals surface area contributed by atoms with Gasteiger partial charge in [0.05, 0.1) is 30.4 Å². The maximum Gasteiger partial charge on any atom is 0.253 e. The number of nitrogen functional groups attached to an aromatic ring is 1. The third kappa shape index (κ3) is 18.7. The summed E-state index contributed by atoms with van der Waals surface area (Å²) in [5.41, 5.74) is 10.9. The highest BCUT2D eigenvalue weighted by Crippen LogP contribution is 2.25. The van der Waals surface area contributed by atoms with E-state index in [4.69, 9.17) is 11.6 Å². The van der Waals surface area contributed by atoms with E-state index in [2.05, 4.69) is 57.9 Å². The number of pyridine rings is 1. The lowest BCUT2D eigenvalue weighted by Crippen LogP contribution is -2.62.